The van der Waals surface area contributed by atoms with Crippen LogP contribution >= 0.6 is 0 Å². The molecule has 7 heteroatoms. The molecule has 0 fully saturated rings. The first-order chi connectivity index (χ1) is 13.1. The topological polar surface area (TPSA) is 72.5 Å². The third kappa shape index (κ3) is 19.0. The van der Waals surface area contributed by atoms with E-state index < -0.39 is 10.4 Å². The van der Waals surface area contributed by atoms with E-state index in [2.05, 4.69) is 6.92 Å². The maximum absolute atomic E-state index is 11.6. The monoisotopic (exact) mass is 409 g/mol. The molecule has 0 amide bonds. The minimum absolute atomic E-state index is 0.131. The van der Waals surface area contributed by atoms with Crippen molar-refractivity contribution in [3.8, 4) is 5.75 Å². The van der Waals surface area contributed by atoms with Gasteiger partial charge in [0.25, 0.3) is 0 Å². The molecule has 0 N–H and O–H groups in total. The van der Waals surface area contributed by atoms with Crippen molar-refractivity contribution in [2.75, 3.05) is 13.2 Å². The molecule has 0 atom stereocenters. The van der Waals surface area contributed by atoms with E-state index in [0.717, 1.165) is 50.9 Å². The van der Waals surface area contributed by atoms with Crippen LogP contribution in [0.3, 0.4) is 0 Å². The number of benzene rings is 1. The van der Waals surface area contributed by atoms with Crippen molar-refractivity contribution in [2.24, 2.45) is 0 Å². The van der Waals surface area contributed by atoms with Crippen LogP contribution in [-0.4, -0.2) is 49.6 Å². The molecule has 1 aromatic rings. The van der Waals surface area contributed by atoms with Crippen LogP contribution in [0, 0.1) is 0 Å². The predicted molar refractivity (Wildman–Crippen MR) is 110 cm³/mol. The van der Waals surface area contributed by atoms with Crippen molar-refractivity contribution in [2.45, 2.75) is 74.8 Å². The van der Waals surface area contributed by atoms with Gasteiger partial charge in [-0.15, -0.1) is 0 Å². The van der Waals surface area contributed by atoms with Crippen LogP contribution in [0.2, 0.25) is 3.67 Å². The fraction of sp³-hybridized carbons (Fsp3) is 0.700. The van der Waals surface area contributed by atoms with E-state index in [1.165, 1.54) is 44.9 Å². The third-order valence-electron chi connectivity index (χ3n) is 3.87. The Morgan fingerprint density at radius 3 is 1.81 bits per heavy atom. The Kier molecular flexibility index (Phi) is 19.1. The van der Waals surface area contributed by atoms with Gasteiger partial charge in [0.2, 0.25) is 0 Å². The Morgan fingerprint density at radius 1 is 0.852 bits per heavy atom. The summed E-state index contributed by atoms with van der Waals surface area (Å²) < 4.78 is 33.8. The van der Waals surface area contributed by atoms with Crippen LogP contribution in [0.25, 0.3) is 0 Å². The van der Waals surface area contributed by atoms with Crippen molar-refractivity contribution in [3.05, 3.63) is 30.3 Å². The van der Waals surface area contributed by atoms with Crippen LogP contribution in [-0.2, 0) is 19.7 Å². The van der Waals surface area contributed by atoms with Crippen LogP contribution < -0.4 is 4.18 Å². The second-order valence-electron chi connectivity index (χ2n) is 6.51. The molecule has 0 unspecified atom stereocenters. The Bertz CT molecular complexity index is 520. The molecule has 0 aliphatic heterocycles. The normalized spacial score (nSPS) is 11.0. The molecule has 5 nitrogen and oxygen atoms in total. The van der Waals surface area contributed by atoms with Gasteiger partial charge in [-0.2, -0.15) is 8.42 Å². The Balaban J connectivity index is 0.00000153. The van der Waals surface area contributed by atoms with Gasteiger partial charge in [-0.25, -0.2) is 4.18 Å². The summed E-state index contributed by atoms with van der Waals surface area (Å²) in [5, 5.41) is 9.33. The number of hydrogen-bond acceptors (Lipinski definition) is 4. The number of rotatable bonds is 15. The molecule has 151 valence electrons. The molecule has 1 radical (unpaired) electrons. The van der Waals surface area contributed by atoms with Crippen molar-refractivity contribution in [3.63, 3.8) is 0 Å². The summed E-state index contributed by atoms with van der Waals surface area (Å²) in [4.78, 5) is 0. The van der Waals surface area contributed by atoms with Gasteiger partial charge >= 0.3 is 53.7 Å². The van der Waals surface area contributed by atoms with E-state index in [1.807, 2.05) is 0 Å². The van der Waals surface area contributed by atoms with E-state index in [1.54, 1.807) is 30.3 Å². The summed E-state index contributed by atoms with van der Waals surface area (Å²) in [5.74, 6) is 0.274. The molecule has 1 aromatic carbocycles. The van der Waals surface area contributed by atoms with Crippen molar-refractivity contribution < 1.29 is 21.9 Å². The second-order valence-corrected chi connectivity index (χ2v) is 8.73. The zero-order valence-electron chi connectivity index (χ0n) is 17.0. The van der Waals surface area contributed by atoms with Crippen LogP contribution in [0.4, 0.5) is 0 Å². The van der Waals surface area contributed by atoms with Gasteiger partial charge in [0, 0.05) is 0 Å². The molecule has 0 saturated carbocycles. The summed E-state index contributed by atoms with van der Waals surface area (Å²) in [7, 11) is -3.94. The molecule has 0 aliphatic rings. The first-order valence-corrected chi connectivity index (χ1v) is 13.0. The Labute approximate surface area is 183 Å². The molecule has 1 rings (SSSR count). The molecule has 0 saturated heterocycles. The van der Waals surface area contributed by atoms with E-state index in [-0.39, 0.29) is 19.0 Å². The quantitative estimate of drug-likeness (QED) is 0.293. The van der Waals surface area contributed by atoms with Gasteiger partial charge < -0.3 is 4.18 Å². The van der Waals surface area contributed by atoms with E-state index in [0.29, 0.717) is 0 Å². The molecule has 0 bridgehead atoms. The maximum atomic E-state index is 11.6. The molecule has 0 spiro atoms. The fourth-order valence-corrected chi connectivity index (χ4v) is 3.09. The molecule has 0 heterocycles. The Morgan fingerprint density at radius 2 is 1.33 bits per heavy atom. The summed E-state index contributed by atoms with van der Waals surface area (Å²) in [6.45, 7) is 2.55. The third-order valence-corrected chi connectivity index (χ3v) is 5.13. The van der Waals surface area contributed by atoms with Gasteiger partial charge in [0.1, 0.15) is 5.75 Å². The number of para-hydroxylation sites is 1. The fourth-order valence-electron chi connectivity index (χ4n) is 2.37. The van der Waals surface area contributed by atoms with Gasteiger partial charge in [0.05, 0.1) is 6.61 Å². The Hall–Kier alpha value is -0.110. The zero-order valence-corrected chi connectivity index (χ0v) is 19.8. The van der Waals surface area contributed by atoms with Crippen molar-refractivity contribution in [1.29, 1.82) is 0 Å². The average Bonchev–Trinajstić information content (AvgIpc) is 2.66. The van der Waals surface area contributed by atoms with Crippen molar-refractivity contribution >= 4 is 38.3 Å². The van der Waals surface area contributed by atoms with E-state index in [4.69, 9.17) is 8.37 Å². The van der Waals surface area contributed by atoms with Gasteiger partial charge in [-0.05, 0) is 18.6 Å². The SMILES string of the molecule is CCCCCCCCCCCCOS(=O)(=O)Oc1ccccc1.[O]C[CH2][Na]. The van der Waals surface area contributed by atoms with E-state index in [9.17, 15) is 13.5 Å². The van der Waals surface area contributed by atoms with Crippen LogP contribution in [0.1, 0.15) is 71.1 Å². The second kappa shape index (κ2) is 19.2. The average molecular weight is 410 g/mol. The molecule has 0 aliphatic carbocycles. The van der Waals surface area contributed by atoms with Crippen molar-refractivity contribution in [1.82, 2.24) is 0 Å². The van der Waals surface area contributed by atoms with Gasteiger partial charge in [-0.1, -0.05) is 82.9 Å². The summed E-state index contributed by atoms with van der Waals surface area (Å²) in [5.41, 5.74) is 0. The van der Waals surface area contributed by atoms with Crippen LogP contribution in [0.5, 0.6) is 5.75 Å². The standard InChI is InChI=1S/C18H30O4S.C2H4O.Na/c1-2-3-4-5-6-7-8-9-10-14-17-21-23(19,20)22-18-15-12-11-13-16-18;1-2-3;/h11-13,15-16H,2-10,14,17H2,1H3;1-2H2;. The first kappa shape index (κ1) is 26.9. The summed E-state index contributed by atoms with van der Waals surface area (Å²) >= 11 is 1.08. The molecule has 27 heavy (non-hydrogen) atoms. The minimum atomic E-state index is -3.94. The van der Waals surface area contributed by atoms with Crippen LogP contribution in [0.15, 0.2) is 30.3 Å². The number of unbranched alkanes of at least 4 members (excludes halogenated alkanes) is 9. The number of hydrogen-bond donors (Lipinski definition) is 0. The zero-order chi connectivity index (χ0) is 20.2. The summed E-state index contributed by atoms with van der Waals surface area (Å²) in [6, 6.07) is 8.40. The van der Waals surface area contributed by atoms with Gasteiger partial charge in [-0.3, -0.25) is 0 Å². The van der Waals surface area contributed by atoms with E-state index >= 15 is 0 Å². The predicted octanol–water partition coefficient (Wildman–Crippen LogP) is 5.25. The summed E-state index contributed by atoms with van der Waals surface area (Å²) in [6.07, 6.45) is 12.0. The molecule has 0 aromatic heterocycles. The van der Waals surface area contributed by atoms with Gasteiger partial charge in [0.15, 0.2) is 0 Å². The molecular weight excluding hydrogens is 375 g/mol. The molecular formula is C20H34NaO5S. The first-order valence-electron chi connectivity index (χ1n) is 10.3.